The second kappa shape index (κ2) is 10.7. The van der Waals surface area contributed by atoms with Gasteiger partial charge in [-0.2, -0.15) is 5.10 Å². The largest absolute Gasteiger partial charge is 0.493 e. The maximum atomic E-state index is 12.4. The van der Waals surface area contributed by atoms with Gasteiger partial charge in [-0.3, -0.25) is 4.79 Å². The molecule has 3 aromatic carbocycles. The van der Waals surface area contributed by atoms with E-state index < -0.39 is 11.9 Å². The van der Waals surface area contributed by atoms with Crippen LogP contribution in [0.2, 0.25) is 20.1 Å². The maximum Gasteiger partial charge on any atom is 0.345 e. The number of hydrogen-bond donors (Lipinski definition) is 1. The third kappa shape index (κ3) is 5.93. The first kappa shape index (κ1) is 23.9. The molecule has 3 aromatic rings. The Labute approximate surface area is 203 Å². The summed E-state index contributed by atoms with van der Waals surface area (Å²) in [5, 5.41) is 5.10. The molecule has 0 saturated carbocycles. The number of benzene rings is 3. The second-order valence-corrected chi connectivity index (χ2v) is 7.93. The van der Waals surface area contributed by atoms with Gasteiger partial charge in [-0.05, 0) is 60.2 Å². The zero-order valence-corrected chi connectivity index (χ0v) is 19.4. The lowest BCUT2D eigenvalue weighted by Gasteiger charge is -2.10. The Bertz CT molecular complexity index is 1210. The number of amides is 1. The number of hydrogen-bond acceptors (Lipinski definition) is 5. The van der Waals surface area contributed by atoms with Gasteiger partial charge in [0, 0.05) is 10.0 Å². The molecular formula is C22H14Cl4N2O4. The van der Waals surface area contributed by atoms with Crippen molar-refractivity contribution in [1.82, 2.24) is 5.43 Å². The summed E-state index contributed by atoms with van der Waals surface area (Å²) >= 11 is 23.7. The molecule has 10 heteroatoms. The Morgan fingerprint density at radius 3 is 2.06 bits per heavy atom. The topological polar surface area (TPSA) is 77.0 Å². The van der Waals surface area contributed by atoms with E-state index in [2.05, 4.69) is 10.5 Å². The number of nitrogens with one attached hydrogen (secondary N) is 1. The van der Waals surface area contributed by atoms with Crippen LogP contribution in [0.5, 0.6) is 11.5 Å². The van der Waals surface area contributed by atoms with E-state index in [-0.39, 0.29) is 32.7 Å². The number of carbonyl (C=O) groups excluding carboxylic acids is 2. The van der Waals surface area contributed by atoms with Crippen molar-refractivity contribution in [3.63, 3.8) is 0 Å². The van der Waals surface area contributed by atoms with Crippen LogP contribution in [0, 0.1) is 0 Å². The summed E-state index contributed by atoms with van der Waals surface area (Å²) in [6, 6.07) is 13.7. The van der Waals surface area contributed by atoms with E-state index in [4.69, 9.17) is 55.9 Å². The maximum absolute atomic E-state index is 12.4. The number of rotatable bonds is 6. The highest BCUT2D eigenvalue weighted by Crippen LogP contribution is 2.30. The van der Waals surface area contributed by atoms with Crippen LogP contribution in [0.3, 0.4) is 0 Å². The summed E-state index contributed by atoms with van der Waals surface area (Å²) in [7, 11) is 1.42. The summed E-state index contributed by atoms with van der Waals surface area (Å²) in [4.78, 5) is 24.6. The minimum absolute atomic E-state index is 0.160. The Hall–Kier alpha value is -2.77. The van der Waals surface area contributed by atoms with Crippen LogP contribution < -0.4 is 14.9 Å². The number of carbonyl (C=O) groups is 2. The summed E-state index contributed by atoms with van der Waals surface area (Å²) < 4.78 is 10.7. The van der Waals surface area contributed by atoms with Gasteiger partial charge in [0.15, 0.2) is 11.5 Å². The molecule has 32 heavy (non-hydrogen) atoms. The Balaban J connectivity index is 1.70. The lowest BCUT2D eigenvalue weighted by molar-refractivity contribution is 0.0729. The van der Waals surface area contributed by atoms with Crippen molar-refractivity contribution in [2.45, 2.75) is 0 Å². The third-order valence-electron chi connectivity index (χ3n) is 4.10. The molecule has 6 nitrogen and oxygen atoms in total. The average Bonchev–Trinajstić information content (AvgIpc) is 2.74. The first-order chi connectivity index (χ1) is 15.3. The molecule has 0 aromatic heterocycles. The van der Waals surface area contributed by atoms with Gasteiger partial charge in [-0.25, -0.2) is 10.2 Å². The Kier molecular flexibility index (Phi) is 7.99. The van der Waals surface area contributed by atoms with Crippen LogP contribution >= 0.6 is 46.4 Å². The first-order valence-electron chi connectivity index (χ1n) is 8.92. The molecule has 0 fully saturated rings. The number of halogens is 4. The Morgan fingerprint density at radius 1 is 0.844 bits per heavy atom. The lowest BCUT2D eigenvalue weighted by atomic mass is 10.2. The fourth-order valence-corrected chi connectivity index (χ4v) is 3.54. The summed E-state index contributed by atoms with van der Waals surface area (Å²) in [6.07, 6.45) is 1.39. The SMILES string of the molecule is COc1cc(/C=N\NC(=O)c2ccc(Cl)cc2Cl)ccc1OC(=O)c1ccc(Cl)cc1Cl. The van der Waals surface area contributed by atoms with Crippen molar-refractivity contribution in [2.75, 3.05) is 7.11 Å². The molecule has 0 bridgehead atoms. The molecule has 164 valence electrons. The van der Waals surface area contributed by atoms with Crippen molar-refractivity contribution in [1.29, 1.82) is 0 Å². The molecule has 1 amide bonds. The second-order valence-electron chi connectivity index (χ2n) is 6.25. The van der Waals surface area contributed by atoms with Crippen LogP contribution in [0.25, 0.3) is 0 Å². The van der Waals surface area contributed by atoms with Crippen molar-refractivity contribution in [3.8, 4) is 11.5 Å². The van der Waals surface area contributed by atoms with E-state index >= 15 is 0 Å². The molecular weight excluding hydrogens is 498 g/mol. The van der Waals surface area contributed by atoms with Crippen LogP contribution in [-0.4, -0.2) is 25.2 Å². The van der Waals surface area contributed by atoms with Gasteiger partial charge in [0.2, 0.25) is 0 Å². The Morgan fingerprint density at radius 2 is 1.47 bits per heavy atom. The minimum Gasteiger partial charge on any atom is -0.493 e. The number of nitrogens with zero attached hydrogens (tertiary/aromatic N) is 1. The smallest absolute Gasteiger partial charge is 0.345 e. The fourth-order valence-electron chi connectivity index (χ4n) is 2.56. The number of ether oxygens (including phenoxy) is 2. The summed E-state index contributed by atoms with van der Waals surface area (Å²) in [5.74, 6) is -0.712. The highest BCUT2D eigenvalue weighted by atomic mass is 35.5. The molecule has 3 rings (SSSR count). The average molecular weight is 512 g/mol. The summed E-state index contributed by atoms with van der Waals surface area (Å²) in [6.45, 7) is 0. The zero-order valence-electron chi connectivity index (χ0n) is 16.4. The van der Waals surface area contributed by atoms with E-state index in [1.165, 1.54) is 49.7 Å². The monoisotopic (exact) mass is 510 g/mol. The van der Waals surface area contributed by atoms with Gasteiger partial charge >= 0.3 is 5.97 Å². The highest BCUT2D eigenvalue weighted by Gasteiger charge is 2.16. The molecule has 0 unspecified atom stereocenters. The van der Waals surface area contributed by atoms with E-state index in [0.717, 1.165) is 0 Å². The third-order valence-corrected chi connectivity index (χ3v) is 5.19. The number of methoxy groups -OCH3 is 1. The van der Waals surface area contributed by atoms with Gasteiger partial charge in [0.1, 0.15) is 0 Å². The van der Waals surface area contributed by atoms with Crippen molar-refractivity contribution in [3.05, 3.63) is 91.4 Å². The predicted octanol–water partition coefficient (Wildman–Crippen LogP) is 6.29. The van der Waals surface area contributed by atoms with Gasteiger partial charge in [0.05, 0.1) is 34.5 Å². The molecule has 0 spiro atoms. The quantitative estimate of drug-likeness (QED) is 0.182. The van der Waals surface area contributed by atoms with Crippen molar-refractivity contribution < 1.29 is 19.1 Å². The van der Waals surface area contributed by atoms with Crippen LogP contribution in [0.4, 0.5) is 0 Å². The molecule has 0 aliphatic rings. The van der Waals surface area contributed by atoms with E-state index in [1.807, 2.05) is 0 Å². The first-order valence-corrected chi connectivity index (χ1v) is 10.4. The van der Waals surface area contributed by atoms with Gasteiger partial charge in [0.25, 0.3) is 5.91 Å². The highest BCUT2D eigenvalue weighted by molar-refractivity contribution is 6.37. The van der Waals surface area contributed by atoms with Crippen molar-refractivity contribution in [2.24, 2.45) is 5.10 Å². The van der Waals surface area contributed by atoms with E-state index in [9.17, 15) is 9.59 Å². The van der Waals surface area contributed by atoms with Crippen LogP contribution in [0.1, 0.15) is 26.3 Å². The van der Waals surface area contributed by atoms with Gasteiger partial charge < -0.3 is 9.47 Å². The van der Waals surface area contributed by atoms with Crippen molar-refractivity contribution >= 4 is 64.5 Å². The molecule has 1 N–H and O–H groups in total. The van der Waals surface area contributed by atoms with Crippen LogP contribution in [0.15, 0.2) is 59.7 Å². The molecule has 0 saturated heterocycles. The number of hydrazone groups is 1. The normalized spacial score (nSPS) is 10.8. The molecule has 0 radical (unpaired) electrons. The molecule has 0 atom stereocenters. The zero-order chi connectivity index (χ0) is 23.3. The van der Waals surface area contributed by atoms with Gasteiger partial charge in [-0.15, -0.1) is 0 Å². The minimum atomic E-state index is -0.668. The van der Waals surface area contributed by atoms with Gasteiger partial charge in [-0.1, -0.05) is 46.4 Å². The fraction of sp³-hybridized carbons (Fsp3) is 0.0455. The van der Waals surface area contributed by atoms with E-state index in [1.54, 1.807) is 18.2 Å². The standard InChI is InChI=1S/C22H14Cl4N2O4/c1-31-20-8-12(11-27-28-21(29)15-5-3-13(23)9-17(15)25)2-7-19(20)32-22(30)16-6-4-14(24)10-18(16)26/h2-11H,1H3,(H,28,29)/b27-11-. The predicted molar refractivity (Wildman–Crippen MR) is 126 cm³/mol. The lowest BCUT2D eigenvalue weighted by Crippen LogP contribution is -2.18. The van der Waals surface area contributed by atoms with Crippen LogP contribution in [-0.2, 0) is 0 Å². The number of esters is 1. The molecule has 0 heterocycles. The molecule has 0 aliphatic carbocycles. The molecule has 0 aliphatic heterocycles. The van der Waals surface area contributed by atoms with E-state index in [0.29, 0.717) is 15.6 Å². The summed E-state index contributed by atoms with van der Waals surface area (Å²) in [5.41, 5.74) is 3.34.